The second-order valence-corrected chi connectivity index (χ2v) is 5.86. The lowest BCUT2D eigenvalue weighted by molar-refractivity contribution is -0.120. The number of carbonyl (C=O) groups excluding carboxylic acids is 1. The maximum atomic E-state index is 12.1. The van der Waals surface area contributed by atoms with E-state index in [1.807, 2.05) is 23.9 Å². The van der Waals surface area contributed by atoms with Crippen LogP contribution >= 0.6 is 11.8 Å². The molecule has 0 N–H and O–H groups in total. The maximum absolute atomic E-state index is 12.1. The van der Waals surface area contributed by atoms with Gasteiger partial charge in [-0.3, -0.25) is 4.79 Å². The van der Waals surface area contributed by atoms with Crippen LogP contribution in [0.25, 0.3) is 0 Å². The zero-order chi connectivity index (χ0) is 11.5. The van der Waals surface area contributed by atoms with Crippen molar-refractivity contribution in [3.8, 4) is 0 Å². The summed E-state index contributed by atoms with van der Waals surface area (Å²) in [5.74, 6) is 2.13. The number of rotatable bonds is 4. The summed E-state index contributed by atoms with van der Waals surface area (Å²) in [6, 6.07) is 8.31. The molecule has 0 saturated carbocycles. The van der Waals surface area contributed by atoms with Crippen molar-refractivity contribution in [1.29, 1.82) is 0 Å². The van der Waals surface area contributed by atoms with Gasteiger partial charge in [-0.25, -0.2) is 0 Å². The molecule has 0 fully saturated rings. The predicted octanol–water partition coefficient (Wildman–Crippen LogP) is 3.88. The molecule has 0 aliphatic carbocycles. The Balaban J connectivity index is 2.04. The van der Waals surface area contributed by atoms with E-state index in [-0.39, 0.29) is 5.92 Å². The third-order valence-corrected chi connectivity index (χ3v) is 4.24. The van der Waals surface area contributed by atoms with Crippen molar-refractivity contribution >= 4 is 17.5 Å². The molecule has 1 aromatic rings. The SMILES string of the molecule is CC(C)CCC(=O)C1CSc2ccccc21. The van der Waals surface area contributed by atoms with Crippen molar-refractivity contribution in [3.63, 3.8) is 0 Å². The lowest BCUT2D eigenvalue weighted by atomic mass is 9.92. The first-order chi connectivity index (χ1) is 7.68. The molecule has 86 valence electrons. The monoisotopic (exact) mass is 234 g/mol. The number of carbonyl (C=O) groups is 1. The van der Waals surface area contributed by atoms with Gasteiger partial charge in [0.1, 0.15) is 5.78 Å². The molecule has 2 heteroatoms. The third-order valence-electron chi connectivity index (χ3n) is 3.06. The minimum absolute atomic E-state index is 0.153. The third kappa shape index (κ3) is 2.49. The van der Waals surface area contributed by atoms with Crippen LogP contribution in [-0.4, -0.2) is 11.5 Å². The van der Waals surface area contributed by atoms with Crippen LogP contribution in [0.3, 0.4) is 0 Å². The van der Waals surface area contributed by atoms with Crippen molar-refractivity contribution in [1.82, 2.24) is 0 Å². The van der Waals surface area contributed by atoms with Gasteiger partial charge < -0.3 is 0 Å². The number of Topliss-reactive ketones (excluding diaryl/α,β-unsaturated/α-hetero) is 1. The Bertz CT molecular complexity index is 384. The van der Waals surface area contributed by atoms with E-state index in [0.717, 1.165) is 18.6 Å². The minimum atomic E-state index is 0.153. The molecule has 0 spiro atoms. The highest BCUT2D eigenvalue weighted by molar-refractivity contribution is 7.99. The molecule has 0 radical (unpaired) electrons. The fourth-order valence-electron chi connectivity index (χ4n) is 2.03. The summed E-state index contributed by atoms with van der Waals surface area (Å²) in [4.78, 5) is 13.4. The molecular weight excluding hydrogens is 216 g/mol. The molecule has 0 aromatic heterocycles. The van der Waals surface area contributed by atoms with Crippen LogP contribution in [0.4, 0.5) is 0 Å². The Morgan fingerprint density at radius 1 is 1.44 bits per heavy atom. The van der Waals surface area contributed by atoms with Gasteiger partial charge in [0.25, 0.3) is 0 Å². The van der Waals surface area contributed by atoms with Crippen LogP contribution < -0.4 is 0 Å². The predicted molar refractivity (Wildman–Crippen MR) is 69.0 cm³/mol. The molecule has 1 heterocycles. The molecule has 1 aliphatic rings. The standard InChI is InChI=1S/C14H18OS/c1-10(2)7-8-13(15)12-9-16-14-6-4-3-5-11(12)14/h3-6,10,12H,7-9H2,1-2H3. The first-order valence-electron chi connectivity index (χ1n) is 5.93. The van der Waals surface area contributed by atoms with E-state index in [2.05, 4.69) is 26.0 Å². The highest BCUT2D eigenvalue weighted by atomic mass is 32.2. The van der Waals surface area contributed by atoms with E-state index in [4.69, 9.17) is 0 Å². The normalized spacial score (nSPS) is 18.8. The minimum Gasteiger partial charge on any atom is -0.299 e. The summed E-state index contributed by atoms with van der Waals surface area (Å²) in [7, 11) is 0. The highest BCUT2D eigenvalue weighted by Gasteiger charge is 2.28. The van der Waals surface area contributed by atoms with Crippen LogP contribution in [0.1, 0.15) is 38.2 Å². The Morgan fingerprint density at radius 3 is 2.94 bits per heavy atom. The first kappa shape index (κ1) is 11.7. The molecule has 0 saturated heterocycles. The molecule has 1 nitrogen and oxygen atoms in total. The van der Waals surface area contributed by atoms with E-state index >= 15 is 0 Å². The smallest absolute Gasteiger partial charge is 0.141 e. The van der Waals surface area contributed by atoms with Crippen molar-refractivity contribution in [2.24, 2.45) is 5.92 Å². The summed E-state index contributed by atoms with van der Waals surface area (Å²) in [6.45, 7) is 4.34. The van der Waals surface area contributed by atoms with E-state index in [1.54, 1.807) is 0 Å². The number of hydrogen-bond acceptors (Lipinski definition) is 2. The van der Waals surface area contributed by atoms with Gasteiger partial charge >= 0.3 is 0 Å². The maximum Gasteiger partial charge on any atom is 0.141 e. The van der Waals surface area contributed by atoms with Gasteiger partial charge in [-0.15, -0.1) is 11.8 Å². The average Bonchev–Trinajstić information content (AvgIpc) is 2.69. The molecule has 1 unspecified atom stereocenters. The number of ketones is 1. The summed E-state index contributed by atoms with van der Waals surface area (Å²) in [5, 5.41) is 0. The van der Waals surface area contributed by atoms with Gasteiger partial charge in [0, 0.05) is 17.1 Å². The largest absolute Gasteiger partial charge is 0.299 e. The average molecular weight is 234 g/mol. The second-order valence-electron chi connectivity index (χ2n) is 4.80. The van der Waals surface area contributed by atoms with E-state index in [9.17, 15) is 4.79 Å². The molecular formula is C14H18OS. The molecule has 1 aromatic carbocycles. The summed E-state index contributed by atoms with van der Waals surface area (Å²) >= 11 is 1.82. The number of hydrogen-bond donors (Lipinski definition) is 0. The first-order valence-corrected chi connectivity index (χ1v) is 6.91. The lowest BCUT2D eigenvalue weighted by Gasteiger charge is -2.10. The van der Waals surface area contributed by atoms with Crippen LogP contribution in [0, 0.1) is 5.92 Å². The quantitative estimate of drug-likeness (QED) is 0.786. The fourth-order valence-corrected chi connectivity index (χ4v) is 3.30. The number of thioether (sulfide) groups is 1. The van der Waals surface area contributed by atoms with Gasteiger partial charge in [0.15, 0.2) is 0 Å². The molecule has 16 heavy (non-hydrogen) atoms. The Labute approximate surface area is 102 Å². The molecule has 2 rings (SSSR count). The topological polar surface area (TPSA) is 17.1 Å². The fraction of sp³-hybridized carbons (Fsp3) is 0.500. The van der Waals surface area contributed by atoms with Crippen molar-refractivity contribution in [3.05, 3.63) is 29.8 Å². The molecule has 0 amide bonds. The van der Waals surface area contributed by atoms with E-state index in [0.29, 0.717) is 11.7 Å². The van der Waals surface area contributed by atoms with Crippen LogP contribution in [0.5, 0.6) is 0 Å². The van der Waals surface area contributed by atoms with Crippen LogP contribution in [-0.2, 0) is 4.79 Å². The second kappa shape index (κ2) is 5.05. The Morgan fingerprint density at radius 2 is 2.19 bits per heavy atom. The van der Waals surface area contributed by atoms with Crippen LogP contribution in [0.2, 0.25) is 0 Å². The zero-order valence-corrected chi connectivity index (χ0v) is 10.7. The zero-order valence-electron chi connectivity index (χ0n) is 9.90. The van der Waals surface area contributed by atoms with Gasteiger partial charge in [0.2, 0.25) is 0 Å². The summed E-state index contributed by atoms with van der Waals surface area (Å²) in [6.07, 6.45) is 1.75. The lowest BCUT2D eigenvalue weighted by Crippen LogP contribution is -2.12. The summed E-state index contributed by atoms with van der Waals surface area (Å²) in [5.41, 5.74) is 1.25. The number of benzene rings is 1. The Hall–Kier alpha value is -0.760. The van der Waals surface area contributed by atoms with E-state index in [1.165, 1.54) is 10.5 Å². The summed E-state index contributed by atoms with van der Waals surface area (Å²) < 4.78 is 0. The number of fused-ring (bicyclic) bond motifs is 1. The van der Waals surface area contributed by atoms with Gasteiger partial charge in [-0.05, 0) is 24.0 Å². The van der Waals surface area contributed by atoms with E-state index < -0.39 is 0 Å². The molecule has 1 atom stereocenters. The van der Waals surface area contributed by atoms with Gasteiger partial charge in [0.05, 0.1) is 5.92 Å². The molecule has 0 bridgehead atoms. The van der Waals surface area contributed by atoms with Crippen molar-refractivity contribution < 1.29 is 4.79 Å². The van der Waals surface area contributed by atoms with Gasteiger partial charge in [-0.2, -0.15) is 0 Å². The van der Waals surface area contributed by atoms with Crippen molar-refractivity contribution in [2.45, 2.75) is 37.5 Å². The highest BCUT2D eigenvalue weighted by Crippen LogP contribution is 2.40. The van der Waals surface area contributed by atoms with Crippen molar-refractivity contribution in [2.75, 3.05) is 5.75 Å². The molecule has 1 aliphatic heterocycles. The Kier molecular flexibility index (Phi) is 3.70. The van der Waals surface area contributed by atoms with Crippen LogP contribution in [0.15, 0.2) is 29.2 Å². The van der Waals surface area contributed by atoms with Gasteiger partial charge in [-0.1, -0.05) is 32.0 Å².